The van der Waals surface area contributed by atoms with Gasteiger partial charge < -0.3 is 9.84 Å². The number of carbonyl (C=O) groups is 1. The van der Waals surface area contributed by atoms with E-state index in [1.165, 1.54) is 6.07 Å². The van der Waals surface area contributed by atoms with Crippen LogP contribution in [0, 0.1) is 42.7 Å². The number of hydrogen-bond acceptors (Lipinski definition) is 5. The summed E-state index contributed by atoms with van der Waals surface area (Å²) in [5.74, 6) is -1.07. The molecule has 0 saturated carbocycles. The number of ether oxygens (including phenoxy) is 1. The fourth-order valence-corrected chi connectivity index (χ4v) is 5.95. The number of hydrogen-bond donors (Lipinski definition) is 1. The number of benzene rings is 2. The lowest BCUT2D eigenvalue weighted by atomic mass is 9.72. The molecule has 0 spiro atoms. The van der Waals surface area contributed by atoms with Crippen molar-refractivity contribution >= 4 is 17.0 Å². The van der Waals surface area contributed by atoms with Gasteiger partial charge in [-0.3, -0.25) is 14.9 Å². The molecule has 0 radical (unpaired) electrons. The zero-order valence-electron chi connectivity index (χ0n) is 17.1. The minimum absolute atomic E-state index is 0.0634. The molecule has 6 nitrogen and oxygen atoms in total. The summed E-state index contributed by atoms with van der Waals surface area (Å²) in [6, 6.07) is 10.7. The van der Waals surface area contributed by atoms with Gasteiger partial charge in [-0.15, -0.1) is 0 Å². The number of fused-ring (bicyclic) bond motifs is 5. The summed E-state index contributed by atoms with van der Waals surface area (Å²) in [6.45, 7) is 5.92. The number of aliphatic hydroxyl groups is 1. The van der Waals surface area contributed by atoms with Crippen LogP contribution in [0.5, 0.6) is 0 Å². The molecular formula is C24H23NO5. The maximum Gasteiger partial charge on any atom is 0.272 e. The second-order valence-electron chi connectivity index (χ2n) is 8.75. The first-order valence-electron chi connectivity index (χ1n) is 10.2. The van der Waals surface area contributed by atoms with E-state index < -0.39 is 17.9 Å². The second kappa shape index (κ2) is 6.51. The van der Waals surface area contributed by atoms with Gasteiger partial charge in [0.1, 0.15) is 5.76 Å². The lowest BCUT2D eigenvalue weighted by Crippen LogP contribution is -2.33. The van der Waals surface area contributed by atoms with Crippen molar-refractivity contribution in [3.63, 3.8) is 0 Å². The van der Waals surface area contributed by atoms with E-state index in [1.807, 2.05) is 32.9 Å². The number of nitro groups is 1. The number of Topliss-reactive ketones (excluding diaryl/α,β-unsaturated/α-hetero) is 1. The van der Waals surface area contributed by atoms with Crippen LogP contribution < -0.4 is 0 Å². The van der Waals surface area contributed by atoms with E-state index in [4.69, 9.17) is 4.74 Å². The number of nitrogens with zero attached hydrogens (tertiary/aromatic N) is 1. The Morgan fingerprint density at radius 1 is 1.10 bits per heavy atom. The van der Waals surface area contributed by atoms with Crippen LogP contribution in [-0.2, 0) is 9.53 Å². The van der Waals surface area contributed by atoms with Crippen molar-refractivity contribution in [1.29, 1.82) is 0 Å². The number of ketones is 1. The summed E-state index contributed by atoms with van der Waals surface area (Å²) in [5, 5.41) is 22.7. The number of carbonyl (C=O) groups excluding carboxylic acids is 1. The molecular weight excluding hydrogens is 382 g/mol. The molecule has 2 bridgehead atoms. The van der Waals surface area contributed by atoms with Gasteiger partial charge in [-0.05, 0) is 43.9 Å². The Kier molecular flexibility index (Phi) is 4.12. The Morgan fingerprint density at radius 2 is 1.77 bits per heavy atom. The minimum Gasteiger partial charge on any atom is -0.511 e. The molecule has 2 fully saturated rings. The fourth-order valence-electron chi connectivity index (χ4n) is 5.95. The smallest absolute Gasteiger partial charge is 0.272 e. The minimum atomic E-state index is -0.448. The van der Waals surface area contributed by atoms with Crippen LogP contribution >= 0.6 is 0 Å². The van der Waals surface area contributed by atoms with Gasteiger partial charge >= 0.3 is 0 Å². The summed E-state index contributed by atoms with van der Waals surface area (Å²) >= 11 is 0. The summed E-state index contributed by atoms with van der Waals surface area (Å²) in [4.78, 5) is 24.5. The Balaban J connectivity index is 1.59. The molecule has 0 aromatic heterocycles. The number of nitro benzene ring substituents is 1. The van der Waals surface area contributed by atoms with Crippen LogP contribution in [0.15, 0.2) is 42.2 Å². The summed E-state index contributed by atoms with van der Waals surface area (Å²) in [5.41, 5.74) is 4.93. The molecule has 6 heteroatoms. The van der Waals surface area contributed by atoms with E-state index in [0.717, 1.165) is 22.3 Å². The molecule has 154 valence electrons. The monoisotopic (exact) mass is 405 g/mol. The standard InChI is InChI=1S/C24H23NO5/c1-11-8-12(2)18(13(3)9-11)20-22(26)19-17-10-15(24(30-17)21(19)23(20)27)14-6-4-5-7-16(14)25(28)29/h4-9,15,17,19,21,24,27H,10H2,1-3H3/t15-,17-,19-,21+,24+/m0/s1. The highest BCUT2D eigenvalue weighted by Gasteiger charge is 2.63. The Morgan fingerprint density at radius 3 is 2.43 bits per heavy atom. The van der Waals surface area contributed by atoms with Gasteiger partial charge in [-0.1, -0.05) is 35.9 Å². The number of allylic oxidation sites excluding steroid dienone is 1. The first kappa shape index (κ1) is 19.0. The molecule has 0 amide bonds. The molecule has 1 aliphatic carbocycles. The molecule has 5 atom stereocenters. The van der Waals surface area contributed by atoms with Gasteiger partial charge in [0.2, 0.25) is 0 Å². The van der Waals surface area contributed by atoms with E-state index in [1.54, 1.807) is 18.2 Å². The third kappa shape index (κ3) is 2.50. The van der Waals surface area contributed by atoms with Gasteiger partial charge in [0.25, 0.3) is 5.69 Å². The molecule has 0 unspecified atom stereocenters. The van der Waals surface area contributed by atoms with Crippen LogP contribution in [0.3, 0.4) is 0 Å². The Labute approximate surface area is 174 Å². The molecule has 1 N–H and O–H groups in total. The number of aryl methyl sites for hydroxylation is 3. The van der Waals surface area contributed by atoms with E-state index in [2.05, 4.69) is 0 Å². The molecule has 2 aromatic rings. The molecule has 2 aliphatic heterocycles. The maximum absolute atomic E-state index is 13.4. The van der Waals surface area contributed by atoms with Crippen LogP contribution in [0.25, 0.3) is 5.57 Å². The van der Waals surface area contributed by atoms with Crippen molar-refractivity contribution < 1.29 is 19.6 Å². The van der Waals surface area contributed by atoms with E-state index in [-0.39, 0.29) is 34.2 Å². The normalized spacial score (nSPS) is 29.6. The molecule has 2 aromatic carbocycles. The topological polar surface area (TPSA) is 89.7 Å². The first-order valence-corrected chi connectivity index (χ1v) is 10.2. The third-order valence-electron chi connectivity index (χ3n) is 6.94. The zero-order valence-corrected chi connectivity index (χ0v) is 17.1. The highest BCUT2D eigenvalue weighted by molar-refractivity contribution is 6.26. The van der Waals surface area contributed by atoms with Gasteiger partial charge in [0.15, 0.2) is 5.78 Å². The van der Waals surface area contributed by atoms with Crippen molar-refractivity contribution in [2.24, 2.45) is 11.8 Å². The second-order valence-corrected chi connectivity index (χ2v) is 8.75. The van der Waals surface area contributed by atoms with Crippen molar-refractivity contribution in [3.8, 4) is 0 Å². The zero-order chi connectivity index (χ0) is 21.3. The van der Waals surface area contributed by atoms with Crippen LogP contribution in [0.4, 0.5) is 5.69 Å². The first-order chi connectivity index (χ1) is 14.3. The largest absolute Gasteiger partial charge is 0.511 e. The Hall–Kier alpha value is -2.99. The van der Waals surface area contributed by atoms with E-state index in [0.29, 0.717) is 17.6 Å². The molecule has 5 rings (SSSR count). The molecule has 2 saturated heterocycles. The predicted octanol–water partition coefficient (Wildman–Crippen LogP) is 4.56. The number of rotatable bonds is 3. The van der Waals surface area contributed by atoms with E-state index in [9.17, 15) is 20.0 Å². The number of para-hydroxylation sites is 1. The lowest BCUT2D eigenvalue weighted by molar-refractivity contribution is -0.385. The fraction of sp³-hybridized carbons (Fsp3) is 0.375. The lowest BCUT2D eigenvalue weighted by Gasteiger charge is -2.27. The van der Waals surface area contributed by atoms with Gasteiger partial charge in [-0.2, -0.15) is 0 Å². The van der Waals surface area contributed by atoms with Gasteiger partial charge in [0, 0.05) is 17.5 Å². The maximum atomic E-state index is 13.4. The summed E-state index contributed by atoms with van der Waals surface area (Å²) < 4.78 is 6.11. The SMILES string of the molecule is Cc1cc(C)c(C2=C(O)[C@@H]3[C@@H]4O[C@@H](C[C@H]4c4ccccc4[N+](=O)[O-])[C@@H]3C2=O)c(C)c1. The van der Waals surface area contributed by atoms with Crippen molar-refractivity contribution in [3.05, 3.63) is 80.1 Å². The highest BCUT2D eigenvalue weighted by Crippen LogP contribution is 2.59. The third-order valence-corrected chi connectivity index (χ3v) is 6.94. The van der Waals surface area contributed by atoms with Crippen LogP contribution in [-0.4, -0.2) is 28.0 Å². The summed E-state index contributed by atoms with van der Waals surface area (Å²) in [6.07, 6.45) is -0.217. The van der Waals surface area contributed by atoms with Gasteiger partial charge in [0.05, 0.1) is 34.5 Å². The number of aliphatic hydroxyl groups excluding tert-OH is 1. The van der Waals surface area contributed by atoms with Crippen LogP contribution in [0.2, 0.25) is 0 Å². The Bertz CT molecular complexity index is 1110. The van der Waals surface area contributed by atoms with Crippen molar-refractivity contribution in [2.45, 2.75) is 45.3 Å². The highest BCUT2D eigenvalue weighted by atomic mass is 16.6. The molecule has 3 aliphatic rings. The van der Waals surface area contributed by atoms with E-state index >= 15 is 0 Å². The predicted molar refractivity (Wildman–Crippen MR) is 111 cm³/mol. The average Bonchev–Trinajstić information content (AvgIpc) is 3.34. The van der Waals surface area contributed by atoms with Crippen molar-refractivity contribution in [2.75, 3.05) is 0 Å². The van der Waals surface area contributed by atoms with Crippen molar-refractivity contribution in [1.82, 2.24) is 0 Å². The van der Waals surface area contributed by atoms with Crippen LogP contribution in [0.1, 0.15) is 40.2 Å². The molecule has 2 heterocycles. The summed E-state index contributed by atoms with van der Waals surface area (Å²) in [7, 11) is 0. The quantitative estimate of drug-likeness (QED) is 0.597. The molecule has 30 heavy (non-hydrogen) atoms. The van der Waals surface area contributed by atoms with Gasteiger partial charge in [-0.25, -0.2) is 0 Å². The average molecular weight is 405 g/mol.